The molecule has 2 heterocycles. The van der Waals surface area contributed by atoms with Crippen molar-refractivity contribution in [3.63, 3.8) is 0 Å². The van der Waals surface area contributed by atoms with Crippen LogP contribution in [0.2, 0.25) is 0 Å². The summed E-state index contributed by atoms with van der Waals surface area (Å²) in [6, 6.07) is 6.70. The fraction of sp³-hybridized carbons (Fsp3) is 0.435. The molecule has 2 aliphatic rings. The summed E-state index contributed by atoms with van der Waals surface area (Å²) in [6.07, 6.45) is 11.9. The van der Waals surface area contributed by atoms with Gasteiger partial charge in [-0.2, -0.15) is 5.26 Å². The van der Waals surface area contributed by atoms with Gasteiger partial charge in [0.05, 0.1) is 22.8 Å². The topological polar surface area (TPSA) is 52.2 Å². The van der Waals surface area contributed by atoms with E-state index in [1.807, 2.05) is 13.0 Å². The molecule has 0 saturated heterocycles. The van der Waals surface area contributed by atoms with Crippen LogP contribution < -0.4 is 0 Å². The highest BCUT2D eigenvalue weighted by Gasteiger charge is 2.35. The zero-order valence-electron chi connectivity index (χ0n) is 16.5. The van der Waals surface area contributed by atoms with Crippen LogP contribution in [0.25, 0.3) is 10.9 Å². The standard InChI is InChI=1S/C23H27N3O/c1-15-12-20-17(13-21(15)27)18(14-24)22(26(20)16-8-7-9-16)19-10-5-6-11-25(19)23(2,3)4/h5-6,10-13,16,19,27H,7-9H2,1-4H3. The summed E-state index contributed by atoms with van der Waals surface area (Å²) in [6.45, 7) is 8.51. The van der Waals surface area contributed by atoms with E-state index in [9.17, 15) is 10.4 Å². The van der Waals surface area contributed by atoms with Crippen LogP contribution in [0.4, 0.5) is 0 Å². The number of nitriles is 1. The molecule has 27 heavy (non-hydrogen) atoms. The molecule has 1 aromatic heterocycles. The van der Waals surface area contributed by atoms with E-state index in [0.29, 0.717) is 11.6 Å². The number of allylic oxidation sites excluding steroid dienone is 2. The lowest BCUT2D eigenvalue weighted by Gasteiger charge is -2.43. The quantitative estimate of drug-likeness (QED) is 0.771. The minimum absolute atomic E-state index is 0.0000916. The normalized spacial score (nSPS) is 20.1. The number of phenols is 1. The molecular weight excluding hydrogens is 334 g/mol. The van der Waals surface area contributed by atoms with E-state index < -0.39 is 0 Å². The second-order valence-corrected chi connectivity index (χ2v) is 8.73. The van der Waals surface area contributed by atoms with Crippen molar-refractivity contribution in [3.8, 4) is 11.8 Å². The molecule has 0 radical (unpaired) electrons. The summed E-state index contributed by atoms with van der Waals surface area (Å²) in [7, 11) is 0. The van der Waals surface area contributed by atoms with Gasteiger partial charge in [0.1, 0.15) is 11.8 Å². The van der Waals surface area contributed by atoms with Gasteiger partial charge in [-0.3, -0.25) is 0 Å². The first-order valence-corrected chi connectivity index (χ1v) is 9.74. The Labute approximate surface area is 161 Å². The number of fused-ring (bicyclic) bond motifs is 1. The van der Waals surface area contributed by atoms with Gasteiger partial charge >= 0.3 is 0 Å². The SMILES string of the molecule is Cc1cc2c(cc1O)c(C#N)c(C1C=CC=CN1C(C)(C)C)n2C1CCC1. The van der Waals surface area contributed by atoms with Crippen molar-refractivity contribution >= 4 is 10.9 Å². The van der Waals surface area contributed by atoms with Crippen molar-refractivity contribution in [1.82, 2.24) is 9.47 Å². The highest BCUT2D eigenvalue weighted by Crippen LogP contribution is 2.45. The smallest absolute Gasteiger partial charge is 0.119 e. The lowest BCUT2D eigenvalue weighted by molar-refractivity contribution is 0.160. The van der Waals surface area contributed by atoms with E-state index in [2.05, 4.69) is 60.7 Å². The zero-order valence-corrected chi connectivity index (χ0v) is 16.5. The highest BCUT2D eigenvalue weighted by atomic mass is 16.3. The van der Waals surface area contributed by atoms with E-state index in [1.165, 1.54) is 6.42 Å². The molecule has 1 unspecified atom stereocenters. The fourth-order valence-electron chi connectivity index (χ4n) is 4.28. The van der Waals surface area contributed by atoms with Crippen LogP contribution in [0.5, 0.6) is 5.75 Å². The van der Waals surface area contributed by atoms with E-state index in [0.717, 1.165) is 35.0 Å². The molecule has 1 atom stereocenters. The molecule has 1 aliphatic carbocycles. The first-order chi connectivity index (χ1) is 12.8. The summed E-state index contributed by atoms with van der Waals surface area (Å²) in [4.78, 5) is 2.32. The Morgan fingerprint density at radius 2 is 1.93 bits per heavy atom. The maximum Gasteiger partial charge on any atom is 0.119 e. The van der Waals surface area contributed by atoms with E-state index in [-0.39, 0.29) is 17.3 Å². The van der Waals surface area contributed by atoms with Crippen LogP contribution in [0.3, 0.4) is 0 Å². The molecular formula is C23H27N3O. The Hall–Kier alpha value is -2.67. The van der Waals surface area contributed by atoms with Crippen LogP contribution in [0.15, 0.2) is 36.6 Å². The molecule has 0 spiro atoms. The van der Waals surface area contributed by atoms with Gasteiger partial charge in [-0.05, 0) is 70.7 Å². The van der Waals surface area contributed by atoms with Gasteiger partial charge in [0.2, 0.25) is 0 Å². The Bertz CT molecular complexity index is 994. The lowest BCUT2D eigenvalue weighted by atomic mass is 9.91. The van der Waals surface area contributed by atoms with Gasteiger partial charge in [-0.1, -0.05) is 12.2 Å². The van der Waals surface area contributed by atoms with Crippen molar-refractivity contribution < 1.29 is 5.11 Å². The van der Waals surface area contributed by atoms with Crippen molar-refractivity contribution in [3.05, 3.63) is 53.4 Å². The van der Waals surface area contributed by atoms with Gasteiger partial charge in [0.15, 0.2) is 0 Å². The third-order valence-electron chi connectivity index (χ3n) is 5.92. The largest absolute Gasteiger partial charge is 0.508 e. The average Bonchev–Trinajstić information content (AvgIpc) is 2.86. The molecule has 1 aliphatic heterocycles. The second kappa shape index (κ2) is 6.20. The van der Waals surface area contributed by atoms with Gasteiger partial charge in [0, 0.05) is 23.2 Å². The first kappa shape index (κ1) is 17.7. The molecule has 4 rings (SSSR count). The van der Waals surface area contributed by atoms with E-state index >= 15 is 0 Å². The van der Waals surface area contributed by atoms with Crippen LogP contribution in [0, 0.1) is 18.3 Å². The van der Waals surface area contributed by atoms with E-state index in [4.69, 9.17) is 0 Å². The van der Waals surface area contributed by atoms with Gasteiger partial charge in [-0.15, -0.1) is 0 Å². The van der Waals surface area contributed by atoms with Crippen molar-refractivity contribution in [2.45, 2.75) is 64.6 Å². The van der Waals surface area contributed by atoms with Gasteiger partial charge < -0.3 is 14.6 Å². The summed E-state index contributed by atoms with van der Waals surface area (Å²) in [5, 5.41) is 21.2. The summed E-state index contributed by atoms with van der Waals surface area (Å²) < 4.78 is 2.39. The van der Waals surface area contributed by atoms with Crippen molar-refractivity contribution in [2.24, 2.45) is 0 Å². The molecule has 2 aromatic rings. The third-order valence-corrected chi connectivity index (χ3v) is 5.92. The van der Waals surface area contributed by atoms with E-state index in [1.54, 1.807) is 6.07 Å². The van der Waals surface area contributed by atoms with Crippen molar-refractivity contribution in [1.29, 1.82) is 5.26 Å². The Kier molecular flexibility index (Phi) is 4.07. The van der Waals surface area contributed by atoms with Crippen molar-refractivity contribution in [2.75, 3.05) is 0 Å². The molecule has 4 nitrogen and oxygen atoms in total. The zero-order chi connectivity index (χ0) is 19.3. The maximum absolute atomic E-state index is 10.3. The fourth-order valence-corrected chi connectivity index (χ4v) is 4.28. The minimum Gasteiger partial charge on any atom is -0.508 e. The number of benzene rings is 1. The molecule has 1 aromatic carbocycles. The van der Waals surface area contributed by atoms with Crippen LogP contribution in [-0.2, 0) is 0 Å². The minimum atomic E-state index is -0.0718. The molecule has 1 saturated carbocycles. The number of hydrogen-bond acceptors (Lipinski definition) is 3. The number of phenolic OH excluding ortho intramolecular Hbond substituents is 1. The van der Waals surface area contributed by atoms with Crippen LogP contribution >= 0.6 is 0 Å². The Morgan fingerprint density at radius 3 is 2.52 bits per heavy atom. The monoisotopic (exact) mass is 361 g/mol. The van der Waals surface area contributed by atoms with Gasteiger partial charge in [-0.25, -0.2) is 0 Å². The lowest BCUT2D eigenvalue weighted by Crippen LogP contribution is -2.41. The van der Waals surface area contributed by atoms with Crippen LogP contribution in [-0.4, -0.2) is 20.1 Å². The predicted molar refractivity (Wildman–Crippen MR) is 109 cm³/mol. The number of hydrogen-bond donors (Lipinski definition) is 1. The summed E-state index contributed by atoms with van der Waals surface area (Å²) in [5.74, 6) is 0.253. The molecule has 140 valence electrons. The molecule has 4 heteroatoms. The third kappa shape index (κ3) is 2.73. The Balaban J connectivity index is 2.03. The molecule has 0 amide bonds. The molecule has 1 N–H and O–H groups in total. The molecule has 0 bridgehead atoms. The molecule has 1 fully saturated rings. The summed E-state index contributed by atoms with van der Waals surface area (Å²) >= 11 is 0. The average molecular weight is 361 g/mol. The number of aromatic nitrogens is 1. The number of rotatable bonds is 2. The predicted octanol–water partition coefficient (Wildman–Crippen LogP) is 5.48. The second-order valence-electron chi connectivity index (χ2n) is 8.73. The number of aromatic hydroxyl groups is 1. The first-order valence-electron chi connectivity index (χ1n) is 9.74. The Morgan fingerprint density at radius 1 is 1.19 bits per heavy atom. The summed E-state index contributed by atoms with van der Waals surface area (Å²) in [5.41, 5.74) is 3.59. The number of nitrogens with zero attached hydrogens (tertiary/aromatic N) is 3. The van der Waals surface area contributed by atoms with Crippen LogP contribution in [0.1, 0.15) is 68.9 Å². The highest BCUT2D eigenvalue weighted by molar-refractivity contribution is 5.90. The maximum atomic E-state index is 10.3. The van der Waals surface area contributed by atoms with Gasteiger partial charge in [0.25, 0.3) is 0 Å². The number of aryl methyl sites for hydroxylation is 1.